The first kappa shape index (κ1) is 15.3. The number of halogens is 2. The number of nitrogens with one attached hydrogen (secondary N) is 1. The third kappa shape index (κ3) is 2.71. The summed E-state index contributed by atoms with van der Waals surface area (Å²) in [6.07, 6.45) is 1.79. The van der Waals surface area contributed by atoms with Gasteiger partial charge in [-0.05, 0) is 61.8 Å². The second-order valence-corrected chi connectivity index (χ2v) is 6.12. The van der Waals surface area contributed by atoms with Crippen molar-refractivity contribution in [3.8, 4) is 5.75 Å². The van der Waals surface area contributed by atoms with Crippen molar-refractivity contribution in [2.24, 2.45) is 0 Å². The number of hydrogen-bond acceptors (Lipinski definition) is 2. The van der Waals surface area contributed by atoms with Crippen molar-refractivity contribution < 1.29 is 9.13 Å². The number of ether oxygens (including phenoxy) is 1. The molecular formula is C18H19ClFNO. The van der Waals surface area contributed by atoms with E-state index in [1.54, 1.807) is 19.2 Å². The van der Waals surface area contributed by atoms with Crippen LogP contribution >= 0.6 is 11.6 Å². The second kappa shape index (κ2) is 6.27. The monoisotopic (exact) mass is 319 g/mol. The van der Waals surface area contributed by atoms with E-state index in [0.29, 0.717) is 5.02 Å². The van der Waals surface area contributed by atoms with Gasteiger partial charge in [-0.3, -0.25) is 0 Å². The Kier molecular flexibility index (Phi) is 4.37. The molecule has 2 nitrogen and oxygen atoms in total. The Labute approximate surface area is 135 Å². The van der Waals surface area contributed by atoms with Crippen LogP contribution < -0.4 is 10.1 Å². The number of rotatable bonds is 3. The third-order valence-corrected chi connectivity index (χ3v) is 4.78. The van der Waals surface area contributed by atoms with E-state index >= 15 is 0 Å². The molecule has 0 bridgehead atoms. The van der Waals surface area contributed by atoms with Crippen LogP contribution in [0, 0.1) is 5.82 Å². The fourth-order valence-corrected chi connectivity index (χ4v) is 3.52. The van der Waals surface area contributed by atoms with E-state index in [1.165, 1.54) is 6.07 Å². The molecule has 0 amide bonds. The van der Waals surface area contributed by atoms with Gasteiger partial charge in [0.15, 0.2) is 0 Å². The Balaban J connectivity index is 2.18. The molecule has 0 unspecified atom stereocenters. The molecule has 1 fully saturated rings. The van der Waals surface area contributed by atoms with Crippen LogP contribution in [0.25, 0.3) is 0 Å². The molecular weight excluding hydrogens is 301 g/mol. The molecule has 2 aromatic rings. The van der Waals surface area contributed by atoms with Crippen molar-refractivity contribution in [2.75, 3.05) is 20.2 Å². The van der Waals surface area contributed by atoms with Gasteiger partial charge in [0.2, 0.25) is 0 Å². The predicted molar refractivity (Wildman–Crippen MR) is 87.3 cm³/mol. The van der Waals surface area contributed by atoms with Crippen molar-refractivity contribution in [1.82, 2.24) is 5.32 Å². The molecule has 1 aliphatic rings. The normalized spacial score (nSPS) is 17.2. The molecule has 1 saturated heterocycles. The third-order valence-electron chi connectivity index (χ3n) is 4.53. The summed E-state index contributed by atoms with van der Waals surface area (Å²) in [4.78, 5) is 0. The summed E-state index contributed by atoms with van der Waals surface area (Å²) in [6, 6.07) is 12.6. The lowest BCUT2D eigenvalue weighted by Crippen LogP contribution is -2.41. The SMILES string of the molecule is COc1ccc(F)cc1C1(c2ccc(Cl)cc2)CCNCC1. The summed E-state index contributed by atoms with van der Waals surface area (Å²) in [6.45, 7) is 1.78. The van der Waals surface area contributed by atoms with Crippen LogP contribution in [0.3, 0.4) is 0 Å². The van der Waals surface area contributed by atoms with Crippen molar-refractivity contribution in [1.29, 1.82) is 0 Å². The van der Waals surface area contributed by atoms with Crippen LogP contribution in [0.5, 0.6) is 5.75 Å². The van der Waals surface area contributed by atoms with Gasteiger partial charge in [-0.15, -0.1) is 0 Å². The fourth-order valence-electron chi connectivity index (χ4n) is 3.39. The maximum Gasteiger partial charge on any atom is 0.123 e. The average molecular weight is 320 g/mol. The molecule has 0 spiro atoms. The summed E-state index contributed by atoms with van der Waals surface area (Å²) in [7, 11) is 1.63. The summed E-state index contributed by atoms with van der Waals surface area (Å²) in [5.74, 6) is 0.501. The number of piperidine rings is 1. The lowest BCUT2D eigenvalue weighted by molar-refractivity contribution is 0.337. The molecule has 1 N–H and O–H groups in total. The van der Waals surface area contributed by atoms with E-state index in [1.807, 2.05) is 24.3 Å². The highest BCUT2D eigenvalue weighted by Crippen LogP contribution is 2.44. The Bertz CT molecular complexity index is 651. The summed E-state index contributed by atoms with van der Waals surface area (Å²) in [5.41, 5.74) is 1.82. The Morgan fingerprint density at radius 2 is 1.77 bits per heavy atom. The number of methoxy groups -OCH3 is 1. The molecule has 4 heteroatoms. The highest BCUT2D eigenvalue weighted by atomic mass is 35.5. The average Bonchev–Trinajstić information content (AvgIpc) is 2.56. The zero-order valence-corrected chi connectivity index (χ0v) is 13.3. The second-order valence-electron chi connectivity index (χ2n) is 5.68. The molecule has 0 aromatic heterocycles. The molecule has 1 heterocycles. The van der Waals surface area contributed by atoms with Crippen LogP contribution in [-0.4, -0.2) is 20.2 Å². The van der Waals surface area contributed by atoms with E-state index < -0.39 is 0 Å². The lowest BCUT2D eigenvalue weighted by Gasteiger charge is -2.39. The standard InChI is InChI=1S/C18H19ClFNO/c1-22-17-7-6-15(20)12-16(17)18(8-10-21-11-9-18)13-2-4-14(19)5-3-13/h2-7,12,21H,8-11H2,1H3. The van der Waals surface area contributed by atoms with Crippen LogP contribution in [0.15, 0.2) is 42.5 Å². The molecule has 1 aliphatic heterocycles. The van der Waals surface area contributed by atoms with E-state index in [0.717, 1.165) is 42.8 Å². The van der Waals surface area contributed by atoms with E-state index in [2.05, 4.69) is 5.32 Å². The molecule has 2 aromatic carbocycles. The molecule has 0 aliphatic carbocycles. The molecule has 0 radical (unpaired) electrons. The fraction of sp³-hybridized carbons (Fsp3) is 0.333. The Morgan fingerprint density at radius 1 is 1.09 bits per heavy atom. The van der Waals surface area contributed by atoms with Crippen molar-refractivity contribution >= 4 is 11.6 Å². The van der Waals surface area contributed by atoms with Gasteiger partial charge in [0.05, 0.1) is 7.11 Å². The van der Waals surface area contributed by atoms with Crippen LogP contribution in [0.2, 0.25) is 5.02 Å². The maximum atomic E-state index is 13.9. The summed E-state index contributed by atoms with van der Waals surface area (Å²) < 4.78 is 19.4. The minimum absolute atomic E-state index is 0.234. The van der Waals surface area contributed by atoms with Crippen molar-refractivity contribution in [3.05, 3.63) is 64.4 Å². The van der Waals surface area contributed by atoms with E-state index in [-0.39, 0.29) is 11.2 Å². The zero-order chi connectivity index (χ0) is 15.6. The minimum atomic E-state index is -0.247. The number of benzene rings is 2. The van der Waals surface area contributed by atoms with Crippen LogP contribution in [0.4, 0.5) is 4.39 Å². The summed E-state index contributed by atoms with van der Waals surface area (Å²) in [5, 5.41) is 4.09. The van der Waals surface area contributed by atoms with Crippen LogP contribution in [-0.2, 0) is 5.41 Å². The Morgan fingerprint density at radius 3 is 2.41 bits per heavy atom. The van der Waals surface area contributed by atoms with Gasteiger partial charge in [-0.2, -0.15) is 0 Å². The van der Waals surface area contributed by atoms with Crippen LogP contribution in [0.1, 0.15) is 24.0 Å². The lowest BCUT2D eigenvalue weighted by atomic mass is 9.68. The van der Waals surface area contributed by atoms with Crippen molar-refractivity contribution in [3.63, 3.8) is 0 Å². The summed E-state index contributed by atoms with van der Waals surface area (Å²) >= 11 is 6.03. The van der Waals surface area contributed by atoms with Gasteiger partial charge >= 0.3 is 0 Å². The highest BCUT2D eigenvalue weighted by molar-refractivity contribution is 6.30. The molecule has 0 atom stereocenters. The van der Waals surface area contributed by atoms with Gasteiger partial charge in [-0.25, -0.2) is 4.39 Å². The topological polar surface area (TPSA) is 21.3 Å². The van der Waals surface area contributed by atoms with E-state index in [4.69, 9.17) is 16.3 Å². The van der Waals surface area contributed by atoms with Gasteiger partial charge in [0, 0.05) is 16.0 Å². The first-order valence-electron chi connectivity index (χ1n) is 7.46. The smallest absolute Gasteiger partial charge is 0.123 e. The Hall–Kier alpha value is -1.58. The molecule has 116 valence electrons. The highest BCUT2D eigenvalue weighted by Gasteiger charge is 2.38. The number of hydrogen-bond donors (Lipinski definition) is 1. The first-order chi connectivity index (χ1) is 10.7. The largest absolute Gasteiger partial charge is 0.496 e. The molecule has 3 rings (SSSR count). The van der Waals surface area contributed by atoms with Gasteiger partial charge in [-0.1, -0.05) is 23.7 Å². The minimum Gasteiger partial charge on any atom is -0.496 e. The molecule has 0 saturated carbocycles. The van der Waals surface area contributed by atoms with Gasteiger partial charge in [0.1, 0.15) is 11.6 Å². The molecule has 22 heavy (non-hydrogen) atoms. The van der Waals surface area contributed by atoms with Gasteiger partial charge in [0.25, 0.3) is 0 Å². The zero-order valence-electron chi connectivity index (χ0n) is 12.5. The van der Waals surface area contributed by atoms with E-state index in [9.17, 15) is 4.39 Å². The van der Waals surface area contributed by atoms with Gasteiger partial charge < -0.3 is 10.1 Å². The quantitative estimate of drug-likeness (QED) is 0.917. The first-order valence-corrected chi connectivity index (χ1v) is 7.84. The predicted octanol–water partition coefficient (Wildman–Crippen LogP) is 4.16. The van der Waals surface area contributed by atoms with Crippen molar-refractivity contribution in [2.45, 2.75) is 18.3 Å². The maximum absolute atomic E-state index is 13.9.